The summed E-state index contributed by atoms with van der Waals surface area (Å²) in [7, 11) is 0. The first-order chi connectivity index (χ1) is 39.6. The van der Waals surface area contributed by atoms with Crippen LogP contribution in [-0.2, 0) is 5.41 Å². The van der Waals surface area contributed by atoms with Crippen LogP contribution >= 0.6 is 0 Å². The molecule has 80 heavy (non-hydrogen) atoms. The third-order valence-electron chi connectivity index (χ3n) is 16.4. The Hall–Kier alpha value is -10.6. The summed E-state index contributed by atoms with van der Waals surface area (Å²) in [4.78, 5) is 10.7. The van der Waals surface area contributed by atoms with E-state index < -0.39 is 5.41 Å². The van der Waals surface area contributed by atoms with Crippen molar-refractivity contribution in [3.8, 4) is 101 Å². The summed E-state index contributed by atoms with van der Waals surface area (Å²) in [5.74, 6) is 3.59. The predicted molar refractivity (Wildman–Crippen MR) is 326 cm³/mol. The van der Waals surface area contributed by atoms with E-state index in [1.165, 1.54) is 22.3 Å². The van der Waals surface area contributed by atoms with Gasteiger partial charge in [-0.2, -0.15) is 0 Å². The molecule has 0 radical (unpaired) electrons. The molecule has 2 aromatic heterocycles. The minimum Gasteiger partial charge on any atom is -0.457 e. The van der Waals surface area contributed by atoms with E-state index in [1.54, 1.807) is 0 Å². The molecule has 0 N–H and O–H groups in total. The van der Waals surface area contributed by atoms with Crippen molar-refractivity contribution < 1.29 is 4.74 Å². The van der Waals surface area contributed by atoms with E-state index in [9.17, 15) is 0 Å². The monoisotopic (exact) mass is 1020 g/mol. The van der Waals surface area contributed by atoms with Gasteiger partial charge in [-0.15, -0.1) is 0 Å². The quantitative estimate of drug-likeness (QED) is 0.152. The van der Waals surface area contributed by atoms with Crippen LogP contribution < -0.4 is 4.74 Å². The molecule has 5 nitrogen and oxygen atoms in total. The molecule has 14 aromatic rings. The van der Waals surface area contributed by atoms with Gasteiger partial charge in [0, 0.05) is 33.6 Å². The summed E-state index contributed by atoms with van der Waals surface area (Å²) in [6, 6.07) is 105. The van der Waals surface area contributed by atoms with Crippen LogP contribution in [0.2, 0.25) is 0 Å². The molecule has 5 heteroatoms. The Morgan fingerprint density at radius 1 is 0.263 bits per heavy atom. The Morgan fingerprint density at radius 3 is 1.15 bits per heavy atom. The number of para-hydroxylation sites is 4. The Kier molecular flexibility index (Phi) is 10.4. The lowest BCUT2D eigenvalue weighted by Crippen LogP contribution is -2.32. The van der Waals surface area contributed by atoms with Crippen LogP contribution in [-0.4, -0.2) is 19.1 Å². The molecule has 1 aliphatic heterocycles. The maximum absolute atomic E-state index is 6.65. The van der Waals surface area contributed by atoms with Crippen molar-refractivity contribution in [2.45, 2.75) is 5.41 Å². The number of rotatable bonds is 8. The zero-order valence-corrected chi connectivity index (χ0v) is 43.4. The standard InChI is InChI=1S/C75H48N4O/c1-5-19-51(20-6-1)73-76-67-47-54(38-41-69(67)78(73)59-23-9-3-10-24-59)57-43-56(44-58(45-57)55-39-42-70-68(48-55)77-74(52-21-7-2-8-22-52)79(70)60-25-11-4-12-26-60)50-35-33-49(34-36-50)53-37-40-62-61-27-13-14-28-63(61)75(66(62)46-53)64-29-15-17-31-71(64)80-72-32-18-16-30-65(72)75/h1-48H. The van der Waals surface area contributed by atoms with Gasteiger partial charge in [0.25, 0.3) is 0 Å². The smallest absolute Gasteiger partial charge is 0.145 e. The molecule has 3 heterocycles. The van der Waals surface area contributed by atoms with Gasteiger partial charge in [-0.3, -0.25) is 9.13 Å². The number of fused-ring (bicyclic) bond motifs is 11. The second kappa shape index (κ2) is 18.3. The summed E-state index contributed by atoms with van der Waals surface area (Å²) >= 11 is 0. The summed E-state index contributed by atoms with van der Waals surface area (Å²) in [6.07, 6.45) is 0. The zero-order valence-electron chi connectivity index (χ0n) is 43.4. The highest BCUT2D eigenvalue weighted by Crippen LogP contribution is 2.62. The zero-order chi connectivity index (χ0) is 52.7. The van der Waals surface area contributed by atoms with Gasteiger partial charge >= 0.3 is 0 Å². The van der Waals surface area contributed by atoms with E-state index in [0.29, 0.717) is 0 Å². The first kappa shape index (κ1) is 45.6. The van der Waals surface area contributed by atoms with E-state index >= 15 is 0 Å². The average molecular weight is 1020 g/mol. The highest BCUT2D eigenvalue weighted by molar-refractivity contribution is 5.94. The summed E-state index contributed by atoms with van der Waals surface area (Å²) < 4.78 is 11.2. The van der Waals surface area contributed by atoms with Gasteiger partial charge in [-0.1, -0.05) is 206 Å². The first-order valence-corrected chi connectivity index (χ1v) is 27.3. The SMILES string of the molecule is c1ccc(-c2nc3cc(-c4cc(-c5ccc(-c6ccc7c(c6)C6(c8ccccc8Oc8ccccc86)c6ccccc6-7)cc5)cc(-c5ccc6c(c5)nc(-c5ccccc5)n6-c5ccccc5)c4)ccc3n2-c2ccccc2)cc1. The second-order valence-electron chi connectivity index (χ2n) is 20.9. The molecule has 0 fully saturated rings. The fourth-order valence-corrected chi connectivity index (χ4v) is 12.8. The van der Waals surface area contributed by atoms with Crippen LogP contribution in [0, 0.1) is 0 Å². The molecule has 1 spiro atoms. The molecule has 0 atom stereocenters. The van der Waals surface area contributed by atoms with Gasteiger partial charge in [0.2, 0.25) is 0 Å². The summed E-state index contributed by atoms with van der Waals surface area (Å²) in [5, 5.41) is 0. The summed E-state index contributed by atoms with van der Waals surface area (Å²) in [5.41, 5.74) is 23.9. The molecule has 16 rings (SSSR count). The second-order valence-corrected chi connectivity index (χ2v) is 20.9. The van der Waals surface area contributed by atoms with E-state index in [-0.39, 0.29) is 0 Å². The van der Waals surface area contributed by atoms with Gasteiger partial charge in [0.05, 0.1) is 27.5 Å². The first-order valence-electron chi connectivity index (χ1n) is 27.3. The minimum absolute atomic E-state index is 0.540. The van der Waals surface area contributed by atoms with Crippen LogP contribution in [0.15, 0.2) is 291 Å². The van der Waals surface area contributed by atoms with Gasteiger partial charge in [0.15, 0.2) is 0 Å². The molecule has 1 aliphatic carbocycles. The fraction of sp³-hybridized carbons (Fsp3) is 0.0133. The molecule has 0 saturated heterocycles. The average Bonchev–Trinajstić information content (AvgIpc) is 4.21. The summed E-state index contributed by atoms with van der Waals surface area (Å²) in [6.45, 7) is 0. The van der Waals surface area contributed by atoms with Crippen molar-refractivity contribution in [1.82, 2.24) is 19.1 Å². The molecule has 0 bridgehead atoms. The van der Waals surface area contributed by atoms with Gasteiger partial charge in [-0.05, 0) is 152 Å². The number of aromatic nitrogens is 4. The highest BCUT2D eigenvalue weighted by atomic mass is 16.5. The molecule has 374 valence electrons. The van der Waals surface area contributed by atoms with Crippen LogP contribution in [0.3, 0.4) is 0 Å². The highest BCUT2D eigenvalue weighted by Gasteiger charge is 2.51. The number of nitrogens with zero attached hydrogens (tertiary/aromatic N) is 4. The molecular weight excluding hydrogens is 973 g/mol. The maximum Gasteiger partial charge on any atom is 0.145 e. The largest absolute Gasteiger partial charge is 0.457 e. The van der Waals surface area contributed by atoms with Crippen molar-refractivity contribution in [2.24, 2.45) is 0 Å². The third-order valence-corrected chi connectivity index (χ3v) is 16.4. The lowest BCUT2D eigenvalue weighted by Gasteiger charge is -2.39. The number of hydrogen-bond donors (Lipinski definition) is 0. The van der Waals surface area contributed by atoms with Crippen LogP contribution in [0.25, 0.3) is 112 Å². The number of ether oxygens (including phenoxy) is 1. The predicted octanol–water partition coefficient (Wildman–Crippen LogP) is 18.8. The molecule has 12 aromatic carbocycles. The number of benzene rings is 12. The Bertz CT molecular complexity index is 4490. The van der Waals surface area contributed by atoms with Crippen LogP contribution in [0.5, 0.6) is 11.5 Å². The molecule has 0 amide bonds. The Morgan fingerprint density at radius 2 is 0.637 bits per heavy atom. The maximum atomic E-state index is 6.65. The van der Waals surface area contributed by atoms with Crippen LogP contribution in [0.4, 0.5) is 0 Å². The van der Waals surface area contributed by atoms with Crippen molar-refractivity contribution in [2.75, 3.05) is 0 Å². The Balaban J connectivity index is 0.843. The molecule has 0 unspecified atom stereocenters. The van der Waals surface area contributed by atoms with Crippen molar-refractivity contribution >= 4 is 22.1 Å². The number of hydrogen-bond acceptors (Lipinski definition) is 3. The molecular formula is C75H48N4O. The van der Waals surface area contributed by atoms with Crippen molar-refractivity contribution in [3.05, 3.63) is 313 Å². The van der Waals surface area contributed by atoms with E-state index in [0.717, 1.165) is 123 Å². The van der Waals surface area contributed by atoms with E-state index in [2.05, 4.69) is 300 Å². The van der Waals surface area contributed by atoms with E-state index in [1.807, 2.05) is 0 Å². The minimum atomic E-state index is -0.540. The van der Waals surface area contributed by atoms with Crippen molar-refractivity contribution in [1.29, 1.82) is 0 Å². The third kappa shape index (κ3) is 7.18. The lowest BCUT2D eigenvalue weighted by atomic mass is 9.66. The Labute approximate surface area is 463 Å². The van der Waals surface area contributed by atoms with Crippen molar-refractivity contribution in [3.63, 3.8) is 0 Å². The van der Waals surface area contributed by atoms with Crippen LogP contribution in [0.1, 0.15) is 22.3 Å². The normalized spacial score (nSPS) is 12.7. The van der Waals surface area contributed by atoms with Gasteiger partial charge < -0.3 is 4.74 Å². The topological polar surface area (TPSA) is 44.9 Å². The number of imidazole rings is 2. The molecule has 0 saturated carbocycles. The van der Waals surface area contributed by atoms with E-state index in [4.69, 9.17) is 14.7 Å². The van der Waals surface area contributed by atoms with Gasteiger partial charge in [-0.25, -0.2) is 9.97 Å². The lowest BCUT2D eigenvalue weighted by molar-refractivity contribution is 0.436. The van der Waals surface area contributed by atoms with Gasteiger partial charge in [0.1, 0.15) is 23.1 Å². The molecule has 2 aliphatic rings. The fourth-order valence-electron chi connectivity index (χ4n) is 12.8.